The second-order valence-electron chi connectivity index (χ2n) is 3.06. The number of nitrogens with one attached hydrogen (secondary N) is 2. The zero-order valence-corrected chi connectivity index (χ0v) is 15.8. The van der Waals surface area contributed by atoms with Gasteiger partial charge < -0.3 is 25.6 Å². The number of carbonyl (C=O) groups excluding carboxylic acids is 2. The SMILES string of the molecule is CC1(C)NCCNC1=O.O=C([O-])[O-].[K+].[K+]. The molecule has 0 spiro atoms. The molecule has 0 radical (unpaired) electrons. The van der Waals surface area contributed by atoms with Crippen LogP contribution in [0.4, 0.5) is 4.79 Å². The van der Waals surface area contributed by atoms with Crippen molar-refractivity contribution >= 4 is 12.1 Å². The molecule has 0 saturated carbocycles. The van der Waals surface area contributed by atoms with E-state index < -0.39 is 6.16 Å². The summed E-state index contributed by atoms with van der Waals surface area (Å²) in [5, 5.41) is 22.5. The van der Waals surface area contributed by atoms with Crippen molar-refractivity contribution < 1.29 is 123 Å². The second-order valence-corrected chi connectivity index (χ2v) is 3.06. The molecule has 1 fully saturated rings. The molecule has 6 nitrogen and oxygen atoms in total. The van der Waals surface area contributed by atoms with E-state index >= 15 is 0 Å². The summed E-state index contributed by atoms with van der Waals surface area (Å²) in [7, 11) is 0. The zero-order valence-electron chi connectivity index (χ0n) is 9.55. The molecule has 1 amide bonds. The van der Waals surface area contributed by atoms with Crippen molar-refractivity contribution in [2.24, 2.45) is 0 Å². The monoisotopic (exact) mass is 266 g/mol. The minimum Gasteiger partial charge on any atom is -0.652 e. The summed E-state index contributed by atoms with van der Waals surface area (Å²) >= 11 is 0. The normalized spacial score (nSPS) is 16.8. The van der Waals surface area contributed by atoms with E-state index in [2.05, 4.69) is 10.6 Å². The summed E-state index contributed by atoms with van der Waals surface area (Å²) < 4.78 is 0. The van der Waals surface area contributed by atoms with Crippen LogP contribution in [0.1, 0.15) is 13.8 Å². The van der Waals surface area contributed by atoms with E-state index in [-0.39, 0.29) is 114 Å². The number of piperazine rings is 1. The number of rotatable bonds is 0. The smallest absolute Gasteiger partial charge is 0.652 e. The first-order chi connectivity index (χ1) is 5.86. The fraction of sp³-hybridized carbons (Fsp3) is 0.714. The summed E-state index contributed by atoms with van der Waals surface area (Å²) in [6, 6.07) is 0. The van der Waals surface area contributed by atoms with Crippen LogP contribution in [0.5, 0.6) is 0 Å². The minimum absolute atomic E-state index is 0. The number of hydrogen-bond donors (Lipinski definition) is 2. The molecule has 0 aliphatic carbocycles. The summed E-state index contributed by atoms with van der Waals surface area (Å²) in [5.74, 6) is 0.0914. The summed E-state index contributed by atoms with van der Waals surface area (Å²) in [6.07, 6.45) is -2.33. The maximum Gasteiger partial charge on any atom is 1.00 e. The van der Waals surface area contributed by atoms with Crippen molar-refractivity contribution in [1.29, 1.82) is 0 Å². The van der Waals surface area contributed by atoms with Crippen molar-refractivity contribution in [2.75, 3.05) is 13.1 Å². The zero-order chi connectivity index (χ0) is 10.5. The Balaban J connectivity index is -0.000000213. The maximum atomic E-state index is 10.9. The molecule has 0 bridgehead atoms. The second kappa shape index (κ2) is 11.1. The molecule has 0 aromatic carbocycles. The van der Waals surface area contributed by atoms with Gasteiger partial charge in [0.05, 0.1) is 5.54 Å². The van der Waals surface area contributed by atoms with E-state index in [9.17, 15) is 4.79 Å². The number of hydrogen-bond acceptors (Lipinski definition) is 5. The Bertz CT molecular complexity index is 207. The van der Waals surface area contributed by atoms with E-state index in [1.165, 1.54) is 0 Å². The largest absolute Gasteiger partial charge is 1.00 e. The molecular formula is C7H12K2N2O4. The van der Waals surface area contributed by atoms with Crippen molar-refractivity contribution in [2.45, 2.75) is 19.4 Å². The van der Waals surface area contributed by atoms with Gasteiger partial charge in [-0.15, -0.1) is 0 Å². The third-order valence-corrected chi connectivity index (χ3v) is 1.55. The molecular weight excluding hydrogens is 254 g/mol. The van der Waals surface area contributed by atoms with Gasteiger partial charge in [0.15, 0.2) is 0 Å². The van der Waals surface area contributed by atoms with Gasteiger partial charge in [-0.3, -0.25) is 4.79 Å². The van der Waals surface area contributed by atoms with E-state index in [0.717, 1.165) is 13.1 Å². The molecule has 1 aliphatic rings. The third kappa shape index (κ3) is 12.2. The fourth-order valence-corrected chi connectivity index (χ4v) is 0.852. The molecule has 76 valence electrons. The average molecular weight is 266 g/mol. The number of amides is 1. The first-order valence-corrected chi connectivity index (χ1v) is 3.77. The van der Waals surface area contributed by atoms with Crippen LogP contribution in [0.15, 0.2) is 0 Å². The first-order valence-electron chi connectivity index (χ1n) is 3.77. The molecule has 1 heterocycles. The Morgan fingerprint density at radius 2 is 1.67 bits per heavy atom. The Morgan fingerprint density at radius 3 is 1.87 bits per heavy atom. The van der Waals surface area contributed by atoms with Crippen LogP contribution < -0.4 is 124 Å². The van der Waals surface area contributed by atoms with Gasteiger partial charge in [0.1, 0.15) is 0 Å². The summed E-state index contributed by atoms with van der Waals surface area (Å²) in [5.41, 5.74) is -0.363. The predicted molar refractivity (Wildman–Crippen MR) is 40.5 cm³/mol. The topological polar surface area (TPSA) is 104 Å². The molecule has 8 heteroatoms. The van der Waals surface area contributed by atoms with E-state index in [0.29, 0.717) is 0 Å². The van der Waals surface area contributed by atoms with Gasteiger partial charge in [-0.05, 0) is 20.0 Å². The van der Waals surface area contributed by atoms with Crippen molar-refractivity contribution in [3.05, 3.63) is 0 Å². The van der Waals surface area contributed by atoms with Crippen LogP contribution in [-0.2, 0) is 4.79 Å². The van der Waals surface area contributed by atoms with Crippen molar-refractivity contribution in [3.8, 4) is 0 Å². The molecule has 0 unspecified atom stereocenters. The Hall–Kier alpha value is 1.97. The van der Waals surface area contributed by atoms with Crippen LogP contribution >= 0.6 is 0 Å². The molecule has 0 atom stereocenters. The Kier molecular flexibility index (Phi) is 16.4. The minimum atomic E-state index is -2.33. The molecule has 1 aliphatic heterocycles. The molecule has 2 N–H and O–H groups in total. The van der Waals surface area contributed by atoms with Crippen LogP contribution in [-0.4, -0.2) is 30.7 Å². The molecule has 15 heavy (non-hydrogen) atoms. The van der Waals surface area contributed by atoms with E-state index in [1.807, 2.05) is 13.8 Å². The van der Waals surface area contributed by atoms with Crippen LogP contribution in [0.2, 0.25) is 0 Å². The van der Waals surface area contributed by atoms with Gasteiger partial charge in [-0.2, -0.15) is 0 Å². The number of carbonyl (C=O) groups is 2. The molecule has 0 aromatic heterocycles. The summed E-state index contributed by atoms with van der Waals surface area (Å²) in [4.78, 5) is 19.3. The standard InChI is InChI=1S/C6H12N2O.CH2O3.2K/c1-6(2)5(9)7-3-4-8-6;2-1(3)4;;/h8H,3-4H2,1-2H3,(H,7,9);(H2,2,3,4);;/q;;2*+1/p-2. The predicted octanol–water partition coefficient (Wildman–Crippen LogP) is -8.95. The maximum absolute atomic E-state index is 10.9. The fourth-order valence-electron chi connectivity index (χ4n) is 0.852. The van der Waals surface area contributed by atoms with Gasteiger partial charge in [0.2, 0.25) is 5.91 Å². The molecule has 1 rings (SSSR count). The van der Waals surface area contributed by atoms with Crippen LogP contribution in [0.3, 0.4) is 0 Å². The van der Waals surface area contributed by atoms with E-state index in [1.54, 1.807) is 0 Å². The Labute approximate surface area is 174 Å². The quantitative estimate of drug-likeness (QED) is 0.424. The van der Waals surface area contributed by atoms with Gasteiger partial charge >= 0.3 is 103 Å². The third-order valence-electron chi connectivity index (χ3n) is 1.55. The van der Waals surface area contributed by atoms with Gasteiger partial charge in [-0.1, -0.05) is 0 Å². The van der Waals surface area contributed by atoms with Gasteiger partial charge in [0.25, 0.3) is 0 Å². The Morgan fingerprint density at radius 1 is 1.27 bits per heavy atom. The van der Waals surface area contributed by atoms with Crippen molar-refractivity contribution in [3.63, 3.8) is 0 Å². The van der Waals surface area contributed by atoms with E-state index in [4.69, 9.17) is 15.0 Å². The van der Waals surface area contributed by atoms with Crippen LogP contribution in [0, 0.1) is 0 Å². The average Bonchev–Trinajstić information content (AvgIpc) is 1.94. The number of carboxylic acid groups (broad SMARTS) is 2. The molecule has 0 aromatic rings. The van der Waals surface area contributed by atoms with Gasteiger partial charge in [-0.25, -0.2) is 0 Å². The molecule has 1 saturated heterocycles. The van der Waals surface area contributed by atoms with Gasteiger partial charge in [0, 0.05) is 13.1 Å². The summed E-state index contributed by atoms with van der Waals surface area (Å²) in [6.45, 7) is 5.38. The first kappa shape index (κ1) is 22.2. The van der Waals surface area contributed by atoms with Crippen molar-refractivity contribution in [1.82, 2.24) is 10.6 Å². The van der Waals surface area contributed by atoms with Crippen LogP contribution in [0.25, 0.3) is 0 Å².